The van der Waals surface area contributed by atoms with E-state index in [0.717, 1.165) is 4.31 Å². The highest BCUT2D eigenvalue weighted by molar-refractivity contribution is 7.89. The molecule has 2 unspecified atom stereocenters. The van der Waals surface area contributed by atoms with Crippen LogP contribution in [0, 0.1) is 5.41 Å². The predicted molar refractivity (Wildman–Crippen MR) is 99.3 cm³/mol. The molecular formula is C18H24N4O5S. The van der Waals surface area contributed by atoms with Gasteiger partial charge in [0.25, 0.3) is 10.0 Å². The monoisotopic (exact) mass is 408 g/mol. The number of hydrogen-bond acceptors (Lipinski definition) is 6. The summed E-state index contributed by atoms with van der Waals surface area (Å²) in [5.41, 5.74) is 4.51. The number of primary amides is 1. The Balaban J connectivity index is 1.75. The van der Waals surface area contributed by atoms with Gasteiger partial charge in [-0.05, 0) is 25.0 Å². The molecule has 2 fully saturated rings. The molecule has 2 saturated heterocycles. The van der Waals surface area contributed by atoms with Crippen LogP contribution in [0.25, 0.3) is 0 Å². The molecule has 0 spiro atoms. The first-order valence-electron chi connectivity index (χ1n) is 9.10. The predicted octanol–water partition coefficient (Wildman–Crippen LogP) is -0.0838. The molecule has 2 aliphatic rings. The molecule has 10 heteroatoms. The number of rotatable bonds is 6. The van der Waals surface area contributed by atoms with E-state index in [4.69, 9.17) is 5.73 Å². The zero-order chi connectivity index (χ0) is 20.7. The summed E-state index contributed by atoms with van der Waals surface area (Å²) in [4.78, 5) is 42.0. The average Bonchev–Trinajstić information content (AvgIpc) is 3.22. The van der Waals surface area contributed by atoms with Gasteiger partial charge in [-0.1, -0.05) is 19.9 Å². The standard InChI is InChI=1S/C18H24N4O5S/c1-18(2,17(19)25)8-6-15(24)21-10-7-12-16(21)13(23)11-22(12)28(26,27)14-5-3-4-9-20-14/h3-5,9,12,16H,6-8,10-11H2,1-2H3,(H2,19,25). The fourth-order valence-electron chi connectivity index (χ4n) is 3.68. The average molecular weight is 408 g/mol. The van der Waals surface area contributed by atoms with E-state index in [0.29, 0.717) is 13.0 Å². The molecule has 3 heterocycles. The molecule has 9 nitrogen and oxygen atoms in total. The number of ketones is 1. The first-order chi connectivity index (χ1) is 13.1. The lowest BCUT2D eigenvalue weighted by Gasteiger charge is -2.26. The first-order valence-corrected chi connectivity index (χ1v) is 10.5. The molecule has 2 N–H and O–H groups in total. The van der Waals surface area contributed by atoms with Crippen LogP contribution in [0.5, 0.6) is 0 Å². The summed E-state index contributed by atoms with van der Waals surface area (Å²) in [7, 11) is -3.92. The van der Waals surface area contributed by atoms with Crippen molar-refractivity contribution in [2.75, 3.05) is 13.1 Å². The fourth-order valence-corrected chi connectivity index (χ4v) is 5.24. The van der Waals surface area contributed by atoms with Crippen molar-refractivity contribution in [3.8, 4) is 0 Å². The molecule has 0 aromatic carbocycles. The van der Waals surface area contributed by atoms with Gasteiger partial charge in [0.2, 0.25) is 11.8 Å². The highest BCUT2D eigenvalue weighted by Gasteiger charge is 2.53. The van der Waals surface area contributed by atoms with Crippen molar-refractivity contribution in [3.05, 3.63) is 24.4 Å². The van der Waals surface area contributed by atoms with Crippen molar-refractivity contribution in [2.24, 2.45) is 11.1 Å². The lowest BCUT2D eigenvalue weighted by Crippen LogP contribution is -2.44. The highest BCUT2D eigenvalue weighted by Crippen LogP contribution is 2.34. The van der Waals surface area contributed by atoms with E-state index >= 15 is 0 Å². The van der Waals surface area contributed by atoms with Crippen LogP contribution in [-0.2, 0) is 24.4 Å². The molecule has 2 amide bonds. The Hall–Kier alpha value is -2.33. The van der Waals surface area contributed by atoms with E-state index in [1.165, 1.54) is 17.2 Å². The summed E-state index contributed by atoms with van der Waals surface area (Å²) in [6.07, 6.45) is 2.10. The molecule has 2 atom stereocenters. The van der Waals surface area contributed by atoms with Crippen molar-refractivity contribution in [3.63, 3.8) is 0 Å². The highest BCUT2D eigenvalue weighted by atomic mass is 32.2. The number of carbonyl (C=O) groups is 3. The number of amides is 2. The molecule has 28 heavy (non-hydrogen) atoms. The van der Waals surface area contributed by atoms with Gasteiger partial charge >= 0.3 is 0 Å². The lowest BCUT2D eigenvalue weighted by atomic mass is 9.87. The van der Waals surface area contributed by atoms with E-state index in [2.05, 4.69) is 4.98 Å². The summed E-state index contributed by atoms with van der Waals surface area (Å²) >= 11 is 0. The zero-order valence-corrected chi connectivity index (χ0v) is 16.7. The molecule has 0 saturated carbocycles. The Labute approximate surface area is 163 Å². The molecule has 1 aromatic heterocycles. The number of hydrogen-bond donors (Lipinski definition) is 1. The smallest absolute Gasteiger partial charge is 0.261 e. The van der Waals surface area contributed by atoms with Crippen LogP contribution in [0.2, 0.25) is 0 Å². The second kappa shape index (κ2) is 7.25. The number of aromatic nitrogens is 1. The lowest BCUT2D eigenvalue weighted by molar-refractivity contribution is -0.137. The van der Waals surface area contributed by atoms with E-state index in [-0.39, 0.29) is 36.1 Å². The number of pyridine rings is 1. The molecular weight excluding hydrogens is 384 g/mol. The maximum atomic E-state index is 12.9. The van der Waals surface area contributed by atoms with Crippen LogP contribution in [0.4, 0.5) is 0 Å². The van der Waals surface area contributed by atoms with Crippen LogP contribution in [0.15, 0.2) is 29.4 Å². The van der Waals surface area contributed by atoms with Crippen LogP contribution < -0.4 is 5.73 Å². The third-order valence-electron chi connectivity index (χ3n) is 5.54. The molecule has 152 valence electrons. The van der Waals surface area contributed by atoms with E-state index in [1.54, 1.807) is 26.0 Å². The number of carbonyl (C=O) groups excluding carboxylic acids is 3. The minimum Gasteiger partial charge on any atom is -0.369 e. The minimum absolute atomic E-state index is 0.0689. The summed E-state index contributed by atoms with van der Waals surface area (Å²) < 4.78 is 26.9. The van der Waals surface area contributed by atoms with Gasteiger partial charge in [0.15, 0.2) is 10.8 Å². The van der Waals surface area contributed by atoms with Gasteiger partial charge in [0.05, 0.1) is 12.6 Å². The maximum absolute atomic E-state index is 12.9. The zero-order valence-electron chi connectivity index (χ0n) is 15.9. The summed E-state index contributed by atoms with van der Waals surface area (Å²) in [5.74, 6) is -1.07. The van der Waals surface area contributed by atoms with Gasteiger partial charge in [0, 0.05) is 24.6 Å². The minimum atomic E-state index is -3.92. The van der Waals surface area contributed by atoms with E-state index in [9.17, 15) is 22.8 Å². The summed E-state index contributed by atoms with van der Waals surface area (Å²) in [6.45, 7) is 3.35. The van der Waals surface area contributed by atoms with Crippen LogP contribution in [0.3, 0.4) is 0 Å². The van der Waals surface area contributed by atoms with Gasteiger partial charge in [-0.3, -0.25) is 14.4 Å². The summed E-state index contributed by atoms with van der Waals surface area (Å²) in [5, 5.41) is -0.114. The van der Waals surface area contributed by atoms with Gasteiger partial charge in [-0.15, -0.1) is 0 Å². The summed E-state index contributed by atoms with van der Waals surface area (Å²) in [6, 6.07) is 3.19. The molecule has 0 radical (unpaired) electrons. The van der Waals surface area contributed by atoms with Crippen molar-refractivity contribution < 1.29 is 22.8 Å². The number of nitrogens with zero attached hydrogens (tertiary/aromatic N) is 3. The number of Topliss-reactive ketones (excluding diaryl/α,β-unsaturated/α-hetero) is 1. The van der Waals surface area contributed by atoms with Gasteiger partial charge < -0.3 is 10.6 Å². The number of nitrogens with two attached hydrogens (primary N) is 1. The second-order valence-electron chi connectivity index (χ2n) is 7.82. The van der Waals surface area contributed by atoms with Crippen molar-refractivity contribution >= 4 is 27.6 Å². The first kappa shape index (κ1) is 20.4. The molecule has 1 aromatic rings. The van der Waals surface area contributed by atoms with Gasteiger partial charge in [-0.2, -0.15) is 4.31 Å². The van der Waals surface area contributed by atoms with Crippen molar-refractivity contribution in [1.82, 2.24) is 14.2 Å². The number of fused-ring (bicyclic) bond motifs is 1. The Bertz CT molecular complexity index is 900. The number of sulfonamides is 1. The topological polar surface area (TPSA) is 131 Å². The van der Waals surface area contributed by atoms with Crippen molar-refractivity contribution in [1.29, 1.82) is 0 Å². The number of likely N-dealkylation sites (tertiary alicyclic amines) is 1. The third kappa shape index (κ3) is 3.53. The molecule has 0 bridgehead atoms. The van der Waals surface area contributed by atoms with Crippen LogP contribution >= 0.6 is 0 Å². The fraction of sp³-hybridized carbons (Fsp3) is 0.556. The Morgan fingerprint density at radius 2 is 2.04 bits per heavy atom. The Morgan fingerprint density at radius 3 is 2.64 bits per heavy atom. The van der Waals surface area contributed by atoms with E-state index in [1.807, 2.05) is 0 Å². The largest absolute Gasteiger partial charge is 0.369 e. The molecule has 0 aliphatic carbocycles. The van der Waals surface area contributed by atoms with Crippen LogP contribution in [0.1, 0.15) is 33.1 Å². The molecule has 2 aliphatic heterocycles. The second-order valence-corrected chi connectivity index (χ2v) is 9.66. The normalized spacial score (nSPS) is 23.1. The Morgan fingerprint density at radius 1 is 1.32 bits per heavy atom. The maximum Gasteiger partial charge on any atom is 0.261 e. The van der Waals surface area contributed by atoms with Gasteiger partial charge in [-0.25, -0.2) is 13.4 Å². The quantitative estimate of drug-likeness (QED) is 0.700. The third-order valence-corrected chi connectivity index (χ3v) is 7.33. The van der Waals surface area contributed by atoms with E-state index < -0.39 is 33.4 Å². The SMILES string of the molecule is CC(C)(CCC(=O)N1CCC2C1C(=O)CN2S(=O)(=O)c1ccccn1)C(N)=O. The van der Waals surface area contributed by atoms with Crippen LogP contribution in [-0.4, -0.2) is 65.4 Å². The molecule has 3 rings (SSSR count). The van der Waals surface area contributed by atoms with Gasteiger partial charge in [0.1, 0.15) is 6.04 Å². The van der Waals surface area contributed by atoms with Crippen molar-refractivity contribution in [2.45, 2.75) is 50.2 Å². The Kier molecular flexibility index (Phi) is 5.28.